The normalized spacial score (nSPS) is 11.1. The van der Waals surface area contributed by atoms with Crippen molar-refractivity contribution >= 4 is 27.9 Å². The van der Waals surface area contributed by atoms with E-state index in [0.717, 1.165) is 5.56 Å². The van der Waals surface area contributed by atoms with Crippen LogP contribution in [0.5, 0.6) is 0 Å². The number of aromatic nitrogens is 1. The molecule has 5 rings (SSSR count). The minimum absolute atomic E-state index is 0.0816. The van der Waals surface area contributed by atoms with Crippen molar-refractivity contribution in [1.29, 1.82) is 0 Å². The monoisotopic (exact) mass is 407 g/mol. The molecule has 0 spiro atoms. The van der Waals surface area contributed by atoms with Crippen LogP contribution < -0.4 is 11.0 Å². The van der Waals surface area contributed by atoms with Crippen LogP contribution in [0.4, 0.5) is 0 Å². The molecule has 0 atom stereocenters. The molecule has 5 aromatic rings. The first-order chi connectivity index (χ1) is 15.0. The van der Waals surface area contributed by atoms with Gasteiger partial charge in [0.25, 0.3) is 5.56 Å². The van der Waals surface area contributed by atoms with Gasteiger partial charge in [0.05, 0.1) is 22.0 Å². The first-order valence-corrected chi connectivity index (χ1v) is 9.83. The molecule has 0 radical (unpaired) electrons. The van der Waals surface area contributed by atoms with Crippen LogP contribution in [0.1, 0.15) is 21.5 Å². The maximum atomic E-state index is 13.5. The summed E-state index contributed by atoms with van der Waals surface area (Å²) in [6.07, 6.45) is 0. The van der Waals surface area contributed by atoms with Crippen LogP contribution >= 0.6 is 0 Å². The number of para-hydroxylation sites is 1. The highest BCUT2D eigenvalue weighted by Crippen LogP contribution is 2.22. The molecule has 0 N–H and O–H groups in total. The Morgan fingerprint density at radius 1 is 0.806 bits per heavy atom. The highest BCUT2D eigenvalue weighted by atomic mass is 16.3. The summed E-state index contributed by atoms with van der Waals surface area (Å²) < 4.78 is 7.34. The fraction of sp³-hybridized carbons (Fsp3) is 0.0385. The van der Waals surface area contributed by atoms with Gasteiger partial charge in [0, 0.05) is 5.56 Å². The summed E-state index contributed by atoms with van der Waals surface area (Å²) in [5.41, 5.74) is 1.39. The second-order valence-corrected chi connectivity index (χ2v) is 7.38. The Morgan fingerprint density at radius 3 is 2.19 bits per heavy atom. The molecular formula is C26H17NO4. The molecule has 0 bridgehead atoms. The molecule has 0 aliphatic carbocycles. The number of fused-ring (bicyclic) bond motifs is 2. The molecule has 3 aromatic carbocycles. The lowest BCUT2D eigenvalue weighted by Gasteiger charge is -2.12. The Labute approximate surface area is 176 Å². The number of rotatable bonds is 3. The van der Waals surface area contributed by atoms with Crippen LogP contribution in [0.2, 0.25) is 0 Å². The lowest BCUT2D eigenvalue weighted by atomic mass is 10.0. The van der Waals surface area contributed by atoms with E-state index in [1.54, 1.807) is 66.7 Å². The largest absolute Gasteiger partial charge is 0.439 e. The van der Waals surface area contributed by atoms with Crippen LogP contribution in [0.25, 0.3) is 27.8 Å². The Bertz CT molecular complexity index is 1580. The number of carbonyl (C=O) groups excluding carboxylic acids is 1. The Kier molecular flexibility index (Phi) is 4.37. The van der Waals surface area contributed by atoms with E-state index >= 15 is 0 Å². The van der Waals surface area contributed by atoms with E-state index in [2.05, 4.69) is 0 Å². The van der Waals surface area contributed by atoms with Crippen molar-refractivity contribution in [3.05, 3.63) is 122 Å². The minimum Gasteiger partial charge on any atom is -0.439 e. The first-order valence-electron chi connectivity index (χ1n) is 9.83. The van der Waals surface area contributed by atoms with E-state index in [-0.39, 0.29) is 22.1 Å². The number of carbonyl (C=O) groups is 1. The fourth-order valence-electron chi connectivity index (χ4n) is 3.74. The number of hydrogen-bond donors (Lipinski definition) is 0. The van der Waals surface area contributed by atoms with Crippen LogP contribution in [0, 0.1) is 6.92 Å². The fourth-order valence-corrected chi connectivity index (χ4v) is 3.74. The molecule has 0 unspecified atom stereocenters. The van der Waals surface area contributed by atoms with E-state index in [1.165, 1.54) is 10.6 Å². The summed E-state index contributed by atoms with van der Waals surface area (Å²) in [4.78, 5) is 40.0. The zero-order chi connectivity index (χ0) is 21.5. The van der Waals surface area contributed by atoms with Gasteiger partial charge in [-0.2, -0.15) is 0 Å². The van der Waals surface area contributed by atoms with E-state index in [9.17, 15) is 14.4 Å². The van der Waals surface area contributed by atoms with Gasteiger partial charge in [-0.05, 0) is 37.3 Å². The predicted octanol–water partition coefficient (Wildman–Crippen LogP) is 4.64. The average Bonchev–Trinajstić information content (AvgIpc) is 2.80. The molecule has 2 heterocycles. The molecule has 0 saturated heterocycles. The maximum Gasteiger partial charge on any atom is 0.269 e. The summed E-state index contributed by atoms with van der Waals surface area (Å²) in [6.45, 7) is 1.89. The molecule has 0 aliphatic heterocycles. The number of aryl methyl sites for hydroxylation is 1. The third-order valence-electron chi connectivity index (χ3n) is 5.28. The summed E-state index contributed by atoms with van der Waals surface area (Å²) in [5.74, 6) is -0.444. The number of nitrogens with zero attached hydrogens (tertiary/aromatic N) is 1. The molecule has 5 heteroatoms. The summed E-state index contributed by atoms with van der Waals surface area (Å²) in [7, 11) is 0. The van der Waals surface area contributed by atoms with Gasteiger partial charge in [-0.25, -0.2) is 4.57 Å². The van der Waals surface area contributed by atoms with Crippen molar-refractivity contribution in [3.8, 4) is 5.69 Å². The summed E-state index contributed by atoms with van der Waals surface area (Å²) in [5, 5.41) is 0.588. The lowest BCUT2D eigenvalue weighted by molar-refractivity contribution is 0.103. The highest BCUT2D eigenvalue weighted by molar-refractivity contribution is 6.10. The van der Waals surface area contributed by atoms with Gasteiger partial charge in [0.2, 0.25) is 11.1 Å². The molecule has 0 amide bonds. The number of hydrogen-bond acceptors (Lipinski definition) is 4. The first kappa shape index (κ1) is 18.8. The van der Waals surface area contributed by atoms with E-state index in [4.69, 9.17) is 4.42 Å². The molecule has 0 aliphatic rings. The quantitative estimate of drug-likeness (QED) is 0.323. The van der Waals surface area contributed by atoms with Crippen molar-refractivity contribution in [2.75, 3.05) is 0 Å². The van der Waals surface area contributed by atoms with Crippen LogP contribution in [0.15, 0.2) is 98.9 Å². The van der Waals surface area contributed by atoms with E-state index < -0.39 is 11.3 Å². The van der Waals surface area contributed by atoms with Gasteiger partial charge in [0.15, 0.2) is 5.78 Å². The van der Waals surface area contributed by atoms with Crippen molar-refractivity contribution in [3.63, 3.8) is 0 Å². The number of benzene rings is 3. The van der Waals surface area contributed by atoms with E-state index in [0.29, 0.717) is 22.2 Å². The van der Waals surface area contributed by atoms with Crippen molar-refractivity contribution < 1.29 is 9.21 Å². The maximum absolute atomic E-state index is 13.5. The van der Waals surface area contributed by atoms with Crippen LogP contribution in [0.3, 0.4) is 0 Å². The van der Waals surface area contributed by atoms with Crippen molar-refractivity contribution in [1.82, 2.24) is 4.57 Å². The molecule has 150 valence electrons. The van der Waals surface area contributed by atoms with Gasteiger partial charge in [0.1, 0.15) is 5.58 Å². The smallest absolute Gasteiger partial charge is 0.269 e. The van der Waals surface area contributed by atoms with Gasteiger partial charge in [-0.1, -0.05) is 60.2 Å². The topological polar surface area (TPSA) is 69.3 Å². The second kappa shape index (κ2) is 7.22. The van der Waals surface area contributed by atoms with Gasteiger partial charge in [-0.3, -0.25) is 14.4 Å². The second-order valence-electron chi connectivity index (χ2n) is 7.38. The standard InChI is InChI=1S/C26H17NO4/c1-16-12-13-22-19(14-16)24(29)21-15-20(23(28)17-8-4-2-5-9-17)25(30)27(26(21)31-22)18-10-6-3-7-11-18/h2-15H,1H3. The molecule has 5 nitrogen and oxygen atoms in total. The number of pyridine rings is 1. The molecule has 0 saturated carbocycles. The molecular weight excluding hydrogens is 390 g/mol. The number of ketones is 1. The zero-order valence-corrected chi connectivity index (χ0v) is 16.7. The predicted molar refractivity (Wildman–Crippen MR) is 120 cm³/mol. The SMILES string of the molecule is Cc1ccc2oc3c(cc(C(=O)c4ccccc4)c(=O)n3-c3ccccc3)c(=O)c2c1. The average molecular weight is 407 g/mol. The molecule has 31 heavy (non-hydrogen) atoms. The minimum atomic E-state index is -0.540. The zero-order valence-electron chi connectivity index (χ0n) is 16.7. The van der Waals surface area contributed by atoms with Gasteiger partial charge in [-0.15, -0.1) is 0 Å². The third kappa shape index (κ3) is 3.07. The summed E-state index contributed by atoms with van der Waals surface area (Å²) in [6, 6.07) is 24.1. The highest BCUT2D eigenvalue weighted by Gasteiger charge is 2.21. The van der Waals surface area contributed by atoms with Crippen molar-refractivity contribution in [2.24, 2.45) is 0 Å². The summed E-state index contributed by atoms with van der Waals surface area (Å²) >= 11 is 0. The van der Waals surface area contributed by atoms with Gasteiger partial charge < -0.3 is 4.42 Å². The van der Waals surface area contributed by atoms with E-state index in [1.807, 2.05) is 19.1 Å². The van der Waals surface area contributed by atoms with Gasteiger partial charge >= 0.3 is 0 Å². The van der Waals surface area contributed by atoms with Crippen LogP contribution in [-0.2, 0) is 0 Å². The van der Waals surface area contributed by atoms with Crippen molar-refractivity contribution in [2.45, 2.75) is 6.92 Å². The lowest BCUT2D eigenvalue weighted by Crippen LogP contribution is -2.27. The van der Waals surface area contributed by atoms with Crippen LogP contribution in [-0.4, -0.2) is 10.4 Å². The third-order valence-corrected chi connectivity index (χ3v) is 5.28. The Morgan fingerprint density at radius 2 is 1.48 bits per heavy atom. The molecule has 0 fully saturated rings. The Hall–Kier alpha value is -4.25. The Balaban J connectivity index is 1.94. The molecule has 2 aromatic heterocycles.